The molecule has 0 aromatic rings. The van der Waals surface area contributed by atoms with Crippen LogP contribution in [-0.4, -0.2) is 52.8 Å². The van der Waals surface area contributed by atoms with Crippen LogP contribution < -0.4 is 5.32 Å². The first-order valence-corrected chi connectivity index (χ1v) is 7.93. The third-order valence-electron chi connectivity index (χ3n) is 3.33. The molecule has 1 unspecified atom stereocenters. The van der Waals surface area contributed by atoms with Crippen LogP contribution in [0.15, 0.2) is 29.9 Å². The van der Waals surface area contributed by atoms with E-state index in [-0.39, 0.29) is 16.8 Å². The molecule has 0 spiro atoms. The zero-order chi connectivity index (χ0) is 16.0. The normalized spacial score (nSPS) is 21.0. The van der Waals surface area contributed by atoms with Crippen LogP contribution in [0.1, 0.15) is 13.8 Å². The van der Waals surface area contributed by atoms with E-state index in [0.717, 1.165) is 0 Å². The van der Waals surface area contributed by atoms with Gasteiger partial charge in [-0.3, -0.25) is 10.1 Å². The smallest absolute Gasteiger partial charge is 0.219 e. The van der Waals surface area contributed by atoms with E-state index in [4.69, 9.17) is 16.3 Å². The molecule has 2 atom stereocenters. The topological polar surface area (TPSA) is 53.9 Å². The number of aliphatic imine (C=N–C) groups is 1. The summed E-state index contributed by atoms with van der Waals surface area (Å²) in [6, 6.07) is 0. The van der Waals surface area contributed by atoms with E-state index in [9.17, 15) is 4.79 Å². The molecule has 0 bridgehead atoms. The number of hydrogen-bond donors (Lipinski definition) is 1. The highest BCUT2D eigenvalue weighted by Gasteiger charge is 2.39. The van der Waals surface area contributed by atoms with Gasteiger partial charge in [-0.1, -0.05) is 34.1 Å². The summed E-state index contributed by atoms with van der Waals surface area (Å²) in [6.07, 6.45) is 4.83. The Balaban J connectivity index is 2.76. The summed E-state index contributed by atoms with van der Waals surface area (Å²) in [7, 11) is 1.81. The van der Waals surface area contributed by atoms with Crippen LogP contribution >= 0.6 is 27.5 Å². The highest BCUT2D eigenvalue weighted by atomic mass is 79.9. The molecule has 1 saturated heterocycles. The average Bonchev–Trinajstić information content (AvgIpc) is 2.39. The average molecular weight is 379 g/mol. The highest BCUT2D eigenvalue weighted by molar-refractivity contribution is 9.09. The van der Waals surface area contributed by atoms with Crippen molar-refractivity contribution in [2.24, 2.45) is 4.99 Å². The molecule has 1 amide bonds. The van der Waals surface area contributed by atoms with Crippen LogP contribution in [0, 0.1) is 0 Å². The van der Waals surface area contributed by atoms with E-state index in [0.29, 0.717) is 18.3 Å². The second-order valence-corrected chi connectivity index (χ2v) is 6.56. The molecule has 0 aromatic heterocycles. The second-order valence-electron chi connectivity index (χ2n) is 4.79. The zero-order valence-electron chi connectivity index (χ0n) is 12.5. The number of amides is 1. The van der Waals surface area contributed by atoms with Gasteiger partial charge in [0.15, 0.2) is 5.72 Å². The van der Waals surface area contributed by atoms with Crippen LogP contribution in [0.25, 0.3) is 0 Å². The van der Waals surface area contributed by atoms with Crippen molar-refractivity contribution < 1.29 is 9.53 Å². The van der Waals surface area contributed by atoms with Gasteiger partial charge in [-0.25, -0.2) is 4.99 Å². The summed E-state index contributed by atoms with van der Waals surface area (Å²) in [4.78, 5) is 17.0. The quantitative estimate of drug-likeness (QED) is 0.420. The Bertz CT molecular complexity index is 448. The number of carbonyl (C=O) groups excluding carboxylic acids is 1. The molecule has 0 aliphatic carbocycles. The minimum Gasteiger partial charge on any atom is -0.349 e. The monoisotopic (exact) mass is 377 g/mol. The summed E-state index contributed by atoms with van der Waals surface area (Å²) >= 11 is 9.33. The van der Waals surface area contributed by atoms with Crippen molar-refractivity contribution in [3.8, 4) is 0 Å². The standard InChI is InChI=1S/C14H21BrClN3O2/c1-5-13(16)18-7-6-14(17-4,10(2)15)21-12-8-19(9-12)11(3)20/h5-7,10,12,17H,1,8-9H2,2-4H3/b7-6+,18-13?/t10-,14?/m1/s1. The number of rotatable bonds is 7. The SMILES string of the molecule is C=CC(Cl)=N/C=C/C(NC)(OC1CN(C(C)=O)C1)[C@@H](C)Br. The first-order chi connectivity index (χ1) is 9.84. The van der Waals surface area contributed by atoms with Crippen molar-refractivity contribution in [1.82, 2.24) is 10.2 Å². The molecule has 0 radical (unpaired) electrons. The molecule has 7 heteroatoms. The predicted molar refractivity (Wildman–Crippen MR) is 89.9 cm³/mol. The van der Waals surface area contributed by atoms with Crippen LogP contribution in [0.3, 0.4) is 0 Å². The van der Waals surface area contributed by atoms with Gasteiger partial charge in [-0.15, -0.1) is 0 Å². The van der Waals surface area contributed by atoms with Crippen molar-refractivity contribution in [3.05, 3.63) is 24.9 Å². The Morgan fingerprint density at radius 2 is 2.29 bits per heavy atom. The van der Waals surface area contributed by atoms with Gasteiger partial charge in [0.2, 0.25) is 5.91 Å². The number of allylic oxidation sites excluding steroid dienone is 1. The van der Waals surface area contributed by atoms with Gasteiger partial charge < -0.3 is 9.64 Å². The number of alkyl halides is 1. The molecular weight excluding hydrogens is 358 g/mol. The van der Waals surface area contributed by atoms with Crippen LogP contribution in [0.5, 0.6) is 0 Å². The lowest BCUT2D eigenvalue weighted by Gasteiger charge is -2.44. The van der Waals surface area contributed by atoms with E-state index in [1.165, 1.54) is 6.08 Å². The van der Waals surface area contributed by atoms with E-state index in [1.807, 2.05) is 14.0 Å². The number of likely N-dealkylation sites (tertiary alicyclic amines) is 1. The Labute approximate surface area is 139 Å². The largest absolute Gasteiger partial charge is 0.349 e. The Kier molecular flexibility index (Phi) is 7.06. The second kappa shape index (κ2) is 8.08. The lowest BCUT2D eigenvalue weighted by atomic mass is 10.1. The maximum absolute atomic E-state index is 11.2. The molecule has 1 aliphatic heterocycles. The van der Waals surface area contributed by atoms with E-state index in [2.05, 4.69) is 32.8 Å². The summed E-state index contributed by atoms with van der Waals surface area (Å²) < 4.78 is 6.10. The Morgan fingerprint density at radius 3 is 2.71 bits per heavy atom. The third-order valence-corrected chi connectivity index (χ3v) is 4.26. The molecule has 0 aromatic carbocycles. The lowest BCUT2D eigenvalue weighted by molar-refractivity contribution is -0.159. The summed E-state index contributed by atoms with van der Waals surface area (Å²) in [5, 5.41) is 3.46. The number of nitrogens with zero attached hydrogens (tertiary/aromatic N) is 2. The van der Waals surface area contributed by atoms with Crippen molar-refractivity contribution in [1.29, 1.82) is 0 Å². The Hall–Kier alpha value is -0.690. The van der Waals surface area contributed by atoms with Gasteiger partial charge >= 0.3 is 0 Å². The summed E-state index contributed by atoms with van der Waals surface area (Å²) in [5.41, 5.74) is -0.727. The van der Waals surface area contributed by atoms with Gasteiger partial charge in [-0.2, -0.15) is 0 Å². The van der Waals surface area contributed by atoms with E-state index >= 15 is 0 Å². The summed E-state index contributed by atoms with van der Waals surface area (Å²) in [6.45, 7) is 8.27. The van der Waals surface area contributed by atoms with Crippen LogP contribution in [0.4, 0.5) is 0 Å². The van der Waals surface area contributed by atoms with Crippen molar-refractivity contribution in [3.63, 3.8) is 0 Å². The van der Waals surface area contributed by atoms with E-state index in [1.54, 1.807) is 24.1 Å². The number of likely N-dealkylation sites (N-methyl/N-ethyl adjacent to an activating group) is 1. The zero-order valence-corrected chi connectivity index (χ0v) is 14.8. The number of hydrogen-bond acceptors (Lipinski definition) is 4. The minimum absolute atomic E-state index is 0.00432. The fourth-order valence-electron chi connectivity index (χ4n) is 1.92. The van der Waals surface area contributed by atoms with Gasteiger partial charge in [0.1, 0.15) is 5.17 Å². The first-order valence-electron chi connectivity index (χ1n) is 6.64. The van der Waals surface area contributed by atoms with Crippen molar-refractivity contribution in [2.75, 3.05) is 20.1 Å². The number of ether oxygens (including phenoxy) is 1. The van der Waals surface area contributed by atoms with E-state index < -0.39 is 5.72 Å². The van der Waals surface area contributed by atoms with Gasteiger partial charge in [0.25, 0.3) is 0 Å². The number of carbonyl (C=O) groups is 1. The highest BCUT2D eigenvalue weighted by Crippen LogP contribution is 2.26. The van der Waals surface area contributed by atoms with Gasteiger partial charge in [0.05, 0.1) is 10.9 Å². The van der Waals surface area contributed by atoms with Crippen LogP contribution in [0.2, 0.25) is 0 Å². The fourth-order valence-corrected chi connectivity index (χ4v) is 2.47. The molecule has 1 fully saturated rings. The molecule has 21 heavy (non-hydrogen) atoms. The molecular formula is C14H21BrClN3O2. The first kappa shape index (κ1) is 18.4. The molecule has 118 valence electrons. The number of nitrogens with one attached hydrogen (secondary N) is 1. The minimum atomic E-state index is -0.727. The molecule has 1 aliphatic rings. The van der Waals surface area contributed by atoms with Gasteiger partial charge in [0, 0.05) is 26.2 Å². The maximum atomic E-state index is 11.2. The van der Waals surface area contributed by atoms with Gasteiger partial charge in [-0.05, 0) is 26.1 Å². The van der Waals surface area contributed by atoms with Crippen LogP contribution in [-0.2, 0) is 9.53 Å². The lowest BCUT2D eigenvalue weighted by Crippen LogP contribution is -2.61. The molecule has 0 saturated carbocycles. The molecule has 5 nitrogen and oxygen atoms in total. The Morgan fingerprint density at radius 1 is 1.67 bits per heavy atom. The molecule has 1 N–H and O–H groups in total. The fraction of sp³-hybridized carbons (Fsp3) is 0.571. The number of halogens is 2. The molecule has 1 rings (SSSR count). The predicted octanol–water partition coefficient (Wildman–Crippen LogP) is 2.27. The summed E-state index contributed by atoms with van der Waals surface area (Å²) in [5.74, 6) is 0.0645. The maximum Gasteiger partial charge on any atom is 0.219 e. The molecule has 1 heterocycles. The van der Waals surface area contributed by atoms with Crippen molar-refractivity contribution >= 4 is 38.6 Å². The van der Waals surface area contributed by atoms with Crippen molar-refractivity contribution in [2.45, 2.75) is 30.5 Å². The third kappa shape index (κ3) is 4.92.